The second kappa shape index (κ2) is 6.63. The largest absolute Gasteiger partial charge is 0.370 e. The van der Waals surface area contributed by atoms with Crippen molar-refractivity contribution >= 4 is 17.5 Å². The Morgan fingerprint density at radius 1 is 1.29 bits per heavy atom. The summed E-state index contributed by atoms with van der Waals surface area (Å²) in [6.45, 7) is 0.809. The van der Waals surface area contributed by atoms with Crippen LogP contribution in [0.15, 0.2) is 36.4 Å². The van der Waals surface area contributed by atoms with Gasteiger partial charge in [0.25, 0.3) is 0 Å². The van der Waals surface area contributed by atoms with Gasteiger partial charge in [-0.1, -0.05) is 18.2 Å². The van der Waals surface area contributed by atoms with Gasteiger partial charge in [0.15, 0.2) is 0 Å². The fourth-order valence-electron chi connectivity index (χ4n) is 3.50. The fraction of sp³-hybridized carbons (Fsp3) is 0.444. The number of nitrogens with one attached hydrogen (secondary N) is 2. The Hall–Kier alpha value is -2.37. The molecule has 1 aromatic carbocycles. The molecule has 2 aliphatic rings. The normalized spacial score (nSPS) is 23.5. The van der Waals surface area contributed by atoms with Crippen LogP contribution in [0.3, 0.4) is 0 Å². The number of carbonyl (C=O) groups excluding carboxylic acids is 2. The maximum absolute atomic E-state index is 13.4. The lowest BCUT2D eigenvalue weighted by molar-refractivity contribution is -0.134. The van der Waals surface area contributed by atoms with E-state index in [1.54, 1.807) is 24.1 Å². The highest BCUT2D eigenvalue weighted by Crippen LogP contribution is 2.30. The van der Waals surface area contributed by atoms with Gasteiger partial charge in [-0.3, -0.25) is 9.59 Å². The molecule has 1 aromatic rings. The van der Waals surface area contributed by atoms with Crippen molar-refractivity contribution in [1.29, 1.82) is 0 Å². The van der Waals surface area contributed by atoms with Crippen LogP contribution in [0.1, 0.15) is 19.3 Å². The lowest BCUT2D eigenvalue weighted by Crippen LogP contribution is -2.54. The van der Waals surface area contributed by atoms with Crippen molar-refractivity contribution in [2.24, 2.45) is 5.92 Å². The number of benzene rings is 1. The van der Waals surface area contributed by atoms with Gasteiger partial charge in [-0.25, -0.2) is 4.39 Å². The average molecular weight is 331 g/mol. The van der Waals surface area contributed by atoms with Crippen LogP contribution in [0.2, 0.25) is 0 Å². The molecule has 24 heavy (non-hydrogen) atoms. The van der Waals surface area contributed by atoms with E-state index < -0.39 is 5.54 Å². The molecule has 1 aliphatic carbocycles. The van der Waals surface area contributed by atoms with E-state index in [0.29, 0.717) is 25.2 Å². The standard InChI is InChI=1S/C18H22FN3O2/c1-20-17(24)18(21-15-8-4-7-14(19)11-15)9-10-22(12-18)16(23)13-5-2-3-6-13/h2-4,7-8,11,13,21H,5-6,9-10,12H2,1H3,(H,20,24). The second-order valence-corrected chi connectivity index (χ2v) is 6.45. The number of halogens is 1. The topological polar surface area (TPSA) is 61.4 Å². The van der Waals surface area contributed by atoms with Crippen LogP contribution in [0.25, 0.3) is 0 Å². The van der Waals surface area contributed by atoms with E-state index in [0.717, 1.165) is 12.8 Å². The molecule has 1 unspecified atom stereocenters. The number of allylic oxidation sites excluding steroid dienone is 2. The summed E-state index contributed by atoms with van der Waals surface area (Å²) < 4.78 is 13.4. The highest BCUT2D eigenvalue weighted by atomic mass is 19.1. The van der Waals surface area contributed by atoms with Gasteiger partial charge in [0.2, 0.25) is 11.8 Å². The first-order chi connectivity index (χ1) is 11.5. The predicted octanol–water partition coefficient (Wildman–Crippen LogP) is 1.92. The lowest BCUT2D eigenvalue weighted by atomic mass is 9.96. The van der Waals surface area contributed by atoms with Crippen molar-refractivity contribution in [1.82, 2.24) is 10.2 Å². The van der Waals surface area contributed by atoms with E-state index >= 15 is 0 Å². The Kier molecular flexibility index (Phi) is 4.55. The van der Waals surface area contributed by atoms with Gasteiger partial charge in [-0.05, 0) is 37.5 Å². The van der Waals surface area contributed by atoms with E-state index in [4.69, 9.17) is 0 Å². The van der Waals surface area contributed by atoms with E-state index in [1.807, 2.05) is 12.2 Å². The Balaban J connectivity index is 1.77. The molecule has 1 heterocycles. The zero-order valence-corrected chi connectivity index (χ0v) is 13.7. The molecule has 2 N–H and O–H groups in total. The maximum Gasteiger partial charge on any atom is 0.247 e. The Labute approximate surface area is 140 Å². The van der Waals surface area contributed by atoms with E-state index in [-0.39, 0.29) is 23.5 Å². The minimum absolute atomic E-state index is 0.0142. The molecule has 1 saturated heterocycles. The first kappa shape index (κ1) is 16.5. The number of amides is 2. The van der Waals surface area contributed by atoms with Crippen molar-refractivity contribution in [2.75, 3.05) is 25.5 Å². The van der Waals surface area contributed by atoms with Crippen LogP contribution < -0.4 is 10.6 Å². The fourth-order valence-corrected chi connectivity index (χ4v) is 3.50. The van der Waals surface area contributed by atoms with Crippen molar-refractivity contribution in [3.63, 3.8) is 0 Å². The monoisotopic (exact) mass is 331 g/mol. The molecule has 1 aliphatic heterocycles. The number of likely N-dealkylation sites (tertiary alicyclic amines) is 1. The SMILES string of the molecule is CNC(=O)C1(Nc2cccc(F)c2)CCN(C(=O)C2CC=CC2)C1. The van der Waals surface area contributed by atoms with Gasteiger partial charge < -0.3 is 15.5 Å². The molecule has 3 rings (SSSR count). The number of anilines is 1. The molecule has 6 heteroatoms. The molecular weight excluding hydrogens is 309 g/mol. The van der Waals surface area contributed by atoms with E-state index in [9.17, 15) is 14.0 Å². The molecular formula is C18H22FN3O2. The number of rotatable bonds is 4. The molecule has 128 valence electrons. The molecule has 0 spiro atoms. The van der Waals surface area contributed by atoms with Gasteiger partial charge in [0.1, 0.15) is 11.4 Å². The van der Waals surface area contributed by atoms with Crippen LogP contribution in [0.5, 0.6) is 0 Å². The van der Waals surface area contributed by atoms with Gasteiger partial charge in [0.05, 0.1) is 6.54 Å². The van der Waals surface area contributed by atoms with E-state index in [1.165, 1.54) is 12.1 Å². The van der Waals surface area contributed by atoms with Crippen molar-refractivity contribution < 1.29 is 14.0 Å². The van der Waals surface area contributed by atoms with Crippen LogP contribution in [0, 0.1) is 11.7 Å². The maximum atomic E-state index is 13.4. The second-order valence-electron chi connectivity index (χ2n) is 6.45. The van der Waals surface area contributed by atoms with Gasteiger partial charge in [-0.15, -0.1) is 0 Å². The number of carbonyl (C=O) groups is 2. The third-order valence-corrected chi connectivity index (χ3v) is 4.81. The first-order valence-electron chi connectivity index (χ1n) is 8.24. The van der Waals surface area contributed by atoms with Crippen LogP contribution in [0.4, 0.5) is 10.1 Å². The van der Waals surface area contributed by atoms with Crippen molar-refractivity contribution in [3.8, 4) is 0 Å². The van der Waals surface area contributed by atoms with Crippen LogP contribution >= 0.6 is 0 Å². The van der Waals surface area contributed by atoms with Crippen molar-refractivity contribution in [3.05, 3.63) is 42.2 Å². The molecule has 0 saturated carbocycles. The third-order valence-electron chi connectivity index (χ3n) is 4.81. The molecule has 5 nitrogen and oxygen atoms in total. The van der Waals surface area contributed by atoms with Gasteiger partial charge >= 0.3 is 0 Å². The molecule has 1 fully saturated rings. The van der Waals surface area contributed by atoms with Gasteiger partial charge in [-0.2, -0.15) is 0 Å². The Morgan fingerprint density at radius 2 is 2.04 bits per heavy atom. The summed E-state index contributed by atoms with van der Waals surface area (Å²) in [5, 5.41) is 5.83. The summed E-state index contributed by atoms with van der Waals surface area (Å²) in [6.07, 6.45) is 6.07. The molecule has 0 aromatic heterocycles. The summed E-state index contributed by atoms with van der Waals surface area (Å²) >= 11 is 0. The number of hydrogen-bond donors (Lipinski definition) is 2. The number of nitrogens with zero attached hydrogens (tertiary/aromatic N) is 1. The molecule has 2 amide bonds. The summed E-state index contributed by atoms with van der Waals surface area (Å²) in [5.41, 5.74) is -0.389. The highest BCUT2D eigenvalue weighted by molar-refractivity contribution is 5.91. The number of likely N-dealkylation sites (N-methyl/N-ethyl adjacent to an activating group) is 1. The Morgan fingerprint density at radius 3 is 2.71 bits per heavy atom. The zero-order valence-electron chi connectivity index (χ0n) is 13.7. The van der Waals surface area contributed by atoms with Crippen LogP contribution in [-0.4, -0.2) is 42.4 Å². The van der Waals surface area contributed by atoms with E-state index in [2.05, 4.69) is 10.6 Å². The minimum Gasteiger partial charge on any atom is -0.370 e. The van der Waals surface area contributed by atoms with Gasteiger partial charge in [0, 0.05) is 25.2 Å². The minimum atomic E-state index is -0.926. The smallest absolute Gasteiger partial charge is 0.247 e. The summed E-state index contributed by atoms with van der Waals surface area (Å²) in [4.78, 5) is 26.9. The molecule has 0 bridgehead atoms. The molecule has 1 atom stereocenters. The summed E-state index contributed by atoms with van der Waals surface area (Å²) in [6, 6.07) is 6.03. The third kappa shape index (κ3) is 3.13. The lowest BCUT2D eigenvalue weighted by Gasteiger charge is -2.30. The highest BCUT2D eigenvalue weighted by Gasteiger charge is 2.46. The van der Waals surface area contributed by atoms with Crippen molar-refractivity contribution in [2.45, 2.75) is 24.8 Å². The van der Waals surface area contributed by atoms with Crippen LogP contribution in [-0.2, 0) is 9.59 Å². The first-order valence-corrected chi connectivity index (χ1v) is 8.24. The molecule has 0 radical (unpaired) electrons. The Bertz CT molecular complexity index is 668. The summed E-state index contributed by atoms with van der Waals surface area (Å²) in [7, 11) is 1.57. The number of hydrogen-bond acceptors (Lipinski definition) is 3. The quantitative estimate of drug-likeness (QED) is 0.829. The predicted molar refractivity (Wildman–Crippen MR) is 89.9 cm³/mol. The average Bonchev–Trinajstić information content (AvgIpc) is 3.24. The zero-order chi connectivity index (χ0) is 17.2. The summed E-state index contributed by atoms with van der Waals surface area (Å²) in [5.74, 6) is -0.479.